The maximum Gasteiger partial charge on any atom is 0.226 e. The van der Waals surface area contributed by atoms with Crippen LogP contribution in [0.5, 0.6) is 5.75 Å². The van der Waals surface area contributed by atoms with Gasteiger partial charge < -0.3 is 15.8 Å². The second-order valence-electron chi connectivity index (χ2n) is 6.16. The molecule has 1 aliphatic heterocycles. The smallest absolute Gasteiger partial charge is 0.226 e. The number of nitrogens with two attached hydrogens (primary N) is 1. The van der Waals surface area contributed by atoms with Gasteiger partial charge in [-0.2, -0.15) is 0 Å². The molecule has 0 saturated heterocycles. The fraction of sp³-hybridized carbons (Fsp3) is 0.150. The van der Waals surface area contributed by atoms with Crippen molar-refractivity contribution < 1.29 is 9.53 Å². The zero-order valence-corrected chi connectivity index (χ0v) is 14.1. The Kier molecular flexibility index (Phi) is 4.23. The van der Waals surface area contributed by atoms with Crippen molar-refractivity contribution in [3.63, 3.8) is 0 Å². The second kappa shape index (κ2) is 6.84. The van der Waals surface area contributed by atoms with Crippen LogP contribution in [0.1, 0.15) is 29.2 Å². The quantitative estimate of drug-likeness (QED) is 0.757. The number of anilines is 2. The predicted octanol–water partition coefficient (Wildman–Crippen LogP) is 3.11. The van der Waals surface area contributed by atoms with Gasteiger partial charge in [0.1, 0.15) is 24.0 Å². The van der Waals surface area contributed by atoms with Crippen LogP contribution in [0.15, 0.2) is 60.8 Å². The lowest BCUT2D eigenvalue weighted by atomic mass is 9.86. The lowest BCUT2D eigenvalue weighted by Crippen LogP contribution is -2.24. The van der Waals surface area contributed by atoms with Crippen LogP contribution in [0.4, 0.5) is 11.6 Å². The largest absolute Gasteiger partial charge is 0.487 e. The van der Waals surface area contributed by atoms with Crippen molar-refractivity contribution in [3.8, 4) is 5.75 Å². The van der Waals surface area contributed by atoms with Crippen LogP contribution in [-0.4, -0.2) is 15.9 Å². The predicted molar refractivity (Wildman–Crippen MR) is 98.8 cm³/mol. The standard InChI is InChI=1S/C20H18N4O2/c21-18-8-7-16-17(11-19(25)24-20(16)23-18)13-4-3-6-15(10-13)26-12-14-5-1-2-9-22-14/h1-10,17H,11-12H2,(H3,21,23,24,25)/t17-/m0/s1. The highest BCUT2D eigenvalue weighted by Gasteiger charge is 2.27. The van der Waals surface area contributed by atoms with Gasteiger partial charge in [-0.3, -0.25) is 9.78 Å². The summed E-state index contributed by atoms with van der Waals surface area (Å²) < 4.78 is 5.86. The molecule has 4 rings (SSSR count). The Hall–Kier alpha value is -3.41. The molecule has 26 heavy (non-hydrogen) atoms. The second-order valence-corrected chi connectivity index (χ2v) is 6.16. The van der Waals surface area contributed by atoms with Gasteiger partial charge in [-0.1, -0.05) is 24.3 Å². The van der Waals surface area contributed by atoms with Gasteiger partial charge in [0, 0.05) is 24.1 Å². The summed E-state index contributed by atoms with van der Waals surface area (Å²) in [5.74, 6) is 1.51. The van der Waals surface area contributed by atoms with E-state index in [0.717, 1.165) is 22.6 Å². The SMILES string of the molecule is Nc1ccc2c(n1)NC(=O)C[C@H]2c1cccc(OCc2ccccn2)c1. The minimum absolute atomic E-state index is 0.0691. The van der Waals surface area contributed by atoms with Crippen LogP contribution in [0.3, 0.4) is 0 Å². The number of carbonyl (C=O) groups excluding carboxylic acids is 1. The third-order valence-corrected chi connectivity index (χ3v) is 4.34. The van der Waals surface area contributed by atoms with Crippen LogP contribution < -0.4 is 15.8 Å². The van der Waals surface area contributed by atoms with Gasteiger partial charge >= 0.3 is 0 Å². The minimum atomic E-state index is -0.0785. The van der Waals surface area contributed by atoms with Gasteiger partial charge in [0.05, 0.1) is 5.69 Å². The zero-order chi connectivity index (χ0) is 17.9. The first-order valence-electron chi connectivity index (χ1n) is 8.38. The number of rotatable bonds is 4. The Bertz CT molecular complexity index is 944. The highest BCUT2D eigenvalue weighted by Crippen LogP contribution is 2.37. The Balaban J connectivity index is 1.59. The molecule has 0 saturated carbocycles. The van der Waals surface area contributed by atoms with Gasteiger partial charge in [-0.05, 0) is 35.9 Å². The number of hydrogen-bond acceptors (Lipinski definition) is 5. The van der Waals surface area contributed by atoms with Crippen molar-refractivity contribution in [2.24, 2.45) is 0 Å². The number of amides is 1. The Morgan fingerprint density at radius 1 is 1.15 bits per heavy atom. The van der Waals surface area contributed by atoms with E-state index in [4.69, 9.17) is 10.5 Å². The topological polar surface area (TPSA) is 90.1 Å². The normalized spacial score (nSPS) is 15.8. The van der Waals surface area contributed by atoms with Crippen LogP contribution in [0.25, 0.3) is 0 Å². The molecule has 6 heteroatoms. The van der Waals surface area contributed by atoms with Gasteiger partial charge in [-0.25, -0.2) is 4.98 Å². The molecule has 2 aromatic heterocycles. The first kappa shape index (κ1) is 16.1. The van der Waals surface area contributed by atoms with E-state index >= 15 is 0 Å². The van der Waals surface area contributed by atoms with Crippen LogP contribution in [0, 0.1) is 0 Å². The summed E-state index contributed by atoms with van der Waals surface area (Å²) in [5, 5.41) is 2.79. The van der Waals surface area contributed by atoms with E-state index in [1.54, 1.807) is 12.3 Å². The molecule has 0 radical (unpaired) electrons. The number of nitrogen functional groups attached to an aromatic ring is 1. The van der Waals surface area contributed by atoms with Crippen LogP contribution in [0.2, 0.25) is 0 Å². The van der Waals surface area contributed by atoms with Crippen molar-refractivity contribution in [3.05, 3.63) is 77.6 Å². The number of pyridine rings is 2. The van der Waals surface area contributed by atoms with Crippen molar-refractivity contribution in [2.75, 3.05) is 11.1 Å². The molecule has 6 nitrogen and oxygen atoms in total. The van der Waals surface area contributed by atoms with E-state index in [2.05, 4.69) is 15.3 Å². The highest BCUT2D eigenvalue weighted by atomic mass is 16.5. The summed E-state index contributed by atoms with van der Waals surface area (Å²) in [6, 6.07) is 17.2. The average molecular weight is 346 g/mol. The molecule has 1 aliphatic rings. The van der Waals surface area contributed by atoms with E-state index in [-0.39, 0.29) is 11.8 Å². The first-order chi connectivity index (χ1) is 12.7. The van der Waals surface area contributed by atoms with Crippen molar-refractivity contribution >= 4 is 17.5 Å². The third-order valence-electron chi connectivity index (χ3n) is 4.34. The number of nitrogens with zero attached hydrogens (tertiary/aromatic N) is 2. The van der Waals surface area contributed by atoms with Gasteiger partial charge in [-0.15, -0.1) is 0 Å². The molecule has 1 aromatic carbocycles. The maximum absolute atomic E-state index is 12.1. The third kappa shape index (κ3) is 3.35. The summed E-state index contributed by atoms with van der Waals surface area (Å²) in [4.78, 5) is 20.6. The molecule has 130 valence electrons. The van der Waals surface area contributed by atoms with E-state index in [9.17, 15) is 4.79 Å². The van der Waals surface area contributed by atoms with E-state index in [0.29, 0.717) is 24.7 Å². The zero-order valence-electron chi connectivity index (χ0n) is 14.1. The Labute approximate surface area is 151 Å². The van der Waals surface area contributed by atoms with Gasteiger partial charge in [0.15, 0.2) is 0 Å². The number of carbonyl (C=O) groups is 1. The number of benzene rings is 1. The fourth-order valence-electron chi connectivity index (χ4n) is 3.10. The molecular weight excluding hydrogens is 328 g/mol. The molecule has 0 unspecified atom stereocenters. The molecule has 3 N–H and O–H groups in total. The number of nitrogens with one attached hydrogen (secondary N) is 1. The summed E-state index contributed by atoms with van der Waals surface area (Å²) in [6.45, 7) is 0.393. The number of aromatic nitrogens is 2. The molecule has 0 bridgehead atoms. The fourth-order valence-corrected chi connectivity index (χ4v) is 3.10. The number of ether oxygens (including phenoxy) is 1. The molecule has 3 aromatic rings. The molecular formula is C20H18N4O2. The van der Waals surface area contributed by atoms with Crippen molar-refractivity contribution in [2.45, 2.75) is 18.9 Å². The van der Waals surface area contributed by atoms with Crippen LogP contribution >= 0.6 is 0 Å². The molecule has 1 atom stereocenters. The number of hydrogen-bond donors (Lipinski definition) is 2. The molecule has 0 spiro atoms. The van der Waals surface area contributed by atoms with Crippen molar-refractivity contribution in [1.29, 1.82) is 0 Å². The highest BCUT2D eigenvalue weighted by molar-refractivity contribution is 5.94. The lowest BCUT2D eigenvalue weighted by molar-refractivity contribution is -0.116. The first-order valence-corrected chi connectivity index (χ1v) is 8.38. The average Bonchev–Trinajstić information content (AvgIpc) is 2.66. The van der Waals surface area contributed by atoms with E-state index in [1.165, 1.54) is 0 Å². The molecule has 0 aliphatic carbocycles. The summed E-state index contributed by atoms with van der Waals surface area (Å²) in [7, 11) is 0. The monoisotopic (exact) mass is 346 g/mol. The van der Waals surface area contributed by atoms with Crippen molar-refractivity contribution in [1.82, 2.24) is 9.97 Å². The summed E-state index contributed by atoms with van der Waals surface area (Å²) >= 11 is 0. The van der Waals surface area contributed by atoms with Gasteiger partial charge in [0.25, 0.3) is 0 Å². The number of fused-ring (bicyclic) bond motifs is 1. The van der Waals surface area contributed by atoms with Crippen LogP contribution in [-0.2, 0) is 11.4 Å². The van der Waals surface area contributed by atoms with E-state index < -0.39 is 0 Å². The molecule has 3 heterocycles. The Morgan fingerprint density at radius 2 is 2.08 bits per heavy atom. The van der Waals surface area contributed by atoms with Gasteiger partial charge in [0.2, 0.25) is 5.91 Å². The summed E-state index contributed by atoms with van der Waals surface area (Å²) in [5.41, 5.74) is 8.57. The summed E-state index contributed by atoms with van der Waals surface area (Å²) in [6.07, 6.45) is 2.10. The molecule has 0 fully saturated rings. The van der Waals surface area contributed by atoms with E-state index in [1.807, 2.05) is 48.5 Å². The lowest BCUT2D eigenvalue weighted by Gasteiger charge is -2.25. The molecule has 1 amide bonds. The maximum atomic E-state index is 12.1. The minimum Gasteiger partial charge on any atom is -0.487 e. The Morgan fingerprint density at radius 3 is 2.92 bits per heavy atom.